The van der Waals surface area contributed by atoms with Crippen LogP contribution in [-0.2, 0) is 13.6 Å². The Hall–Kier alpha value is -0.510. The molecule has 1 unspecified atom stereocenters. The number of hydrogen-bond donors (Lipinski definition) is 1. The summed E-state index contributed by atoms with van der Waals surface area (Å²) in [6.45, 7) is 4.52. The van der Waals surface area contributed by atoms with Crippen LogP contribution >= 0.6 is 8.25 Å². The van der Waals surface area contributed by atoms with Crippen LogP contribution in [0.15, 0.2) is 5.16 Å². The second-order valence-corrected chi connectivity index (χ2v) is 3.80. The topological polar surface area (TPSA) is 68.1 Å². The van der Waals surface area contributed by atoms with Crippen LogP contribution in [0.4, 0.5) is 0 Å². The molecule has 0 aromatic rings. The summed E-state index contributed by atoms with van der Waals surface area (Å²) in [6, 6.07) is 0. The van der Waals surface area contributed by atoms with Gasteiger partial charge in [0.05, 0.1) is 6.21 Å². The molecule has 0 saturated heterocycles. The standard InChI is InChI=1S/C7H14NO4P/c1-7(2)3-5-11-13(10)12-6-4-8-9/h4,7H,3,5-6H2,1-2H3/p+1. The largest absolute Gasteiger partial charge is 0.697 e. The molecule has 0 amide bonds. The minimum atomic E-state index is -2.08. The summed E-state index contributed by atoms with van der Waals surface area (Å²) in [4.78, 5) is 0. The Morgan fingerprint density at radius 2 is 2.23 bits per heavy atom. The summed E-state index contributed by atoms with van der Waals surface area (Å²) in [7, 11) is -2.08. The molecule has 0 fully saturated rings. The Labute approximate surface area is 78.7 Å². The quantitative estimate of drug-likeness (QED) is 0.301. The van der Waals surface area contributed by atoms with Gasteiger partial charge in [-0.25, -0.2) is 0 Å². The lowest BCUT2D eigenvalue weighted by atomic mass is 10.2. The van der Waals surface area contributed by atoms with E-state index >= 15 is 0 Å². The van der Waals surface area contributed by atoms with Gasteiger partial charge in [0, 0.05) is 4.57 Å². The van der Waals surface area contributed by atoms with E-state index in [2.05, 4.69) is 23.5 Å². The Bertz CT molecular complexity index is 172. The van der Waals surface area contributed by atoms with E-state index in [0.717, 1.165) is 12.6 Å². The van der Waals surface area contributed by atoms with Crippen molar-refractivity contribution >= 4 is 14.5 Å². The van der Waals surface area contributed by atoms with Crippen LogP contribution in [0.3, 0.4) is 0 Å². The van der Waals surface area contributed by atoms with Gasteiger partial charge in [0.15, 0.2) is 0 Å². The van der Waals surface area contributed by atoms with Crippen molar-refractivity contribution in [2.24, 2.45) is 11.1 Å². The number of rotatable bonds is 7. The van der Waals surface area contributed by atoms with Gasteiger partial charge in [-0.1, -0.05) is 19.0 Å². The fourth-order valence-electron chi connectivity index (χ4n) is 0.528. The molecule has 0 aliphatic carbocycles. The summed E-state index contributed by atoms with van der Waals surface area (Å²) < 4.78 is 20.3. The lowest BCUT2D eigenvalue weighted by Gasteiger charge is -1.97. The lowest BCUT2D eigenvalue weighted by molar-refractivity contribution is 0.233. The highest BCUT2D eigenvalue weighted by molar-refractivity contribution is 7.33. The van der Waals surface area contributed by atoms with Gasteiger partial charge >= 0.3 is 8.25 Å². The molecule has 0 aromatic carbocycles. The Kier molecular flexibility index (Phi) is 7.79. The average molecular weight is 208 g/mol. The van der Waals surface area contributed by atoms with Crippen molar-refractivity contribution < 1.29 is 18.8 Å². The maximum absolute atomic E-state index is 10.9. The van der Waals surface area contributed by atoms with Gasteiger partial charge < -0.3 is 5.21 Å². The smallest absolute Gasteiger partial charge is 0.411 e. The van der Waals surface area contributed by atoms with Crippen molar-refractivity contribution in [1.82, 2.24) is 0 Å². The summed E-state index contributed by atoms with van der Waals surface area (Å²) >= 11 is 0. The minimum Gasteiger partial charge on any atom is -0.411 e. The lowest BCUT2D eigenvalue weighted by Crippen LogP contribution is -1.95. The molecule has 5 nitrogen and oxygen atoms in total. The second-order valence-electron chi connectivity index (χ2n) is 2.83. The predicted octanol–water partition coefficient (Wildman–Crippen LogP) is 2.18. The van der Waals surface area contributed by atoms with Gasteiger partial charge in [-0.05, 0) is 12.3 Å². The maximum Gasteiger partial charge on any atom is 0.697 e. The van der Waals surface area contributed by atoms with Crippen molar-refractivity contribution in [3.8, 4) is 0 Å². The highest BCUT2D eigenvalue weighted by atomic mass is 31.1. The third kappa shape index (κ3) is 9.40. The van der Waals surface area contributed by atoms with Crippen LogP contribution in [0.5, 0.6) is 0 Å². The molecule has 76 valence electrons. The first-order valence-corrected chi connectivity index (χ1v) is 5.15. The molecule has 0 aliphatic heterocycles. The summed E-state index contributed by atoms with van der Waals surface area (Å²) in [5.74, 6) is 0.516. The maximum atomic E-state index is 10.9. The van der Waals surface area contributed by atoms with Gasteiger partial charge in [-0.15, -0.1) is 9.05 Å². The highest BCUT2D eigenvalue weighted by Crippen LogP contribution is 2.23. The third-order valence-corrected chi connectivity index (χ3v) is 1.98. The Morgan fingerprint density at radius 1 is 1.54 bits per heavy atom. The van der Waals surface area contributed by atoms with Gasteiger partial charge in [0.25, 0.3) is 0 Å². The van der Waals surface area contributed by atoms with Crippen molar-refractivity contribution in [3.05, 3.63) is 0 Å². The predicted molar refractivity (Wildman–Crippen MR) is 49.2 cm³/mol. The molecule has 0 saturated carbocycles. The van der Waals surface area contributed by atoms with Gasteiger partial charge in [0.2, 0.25) is 0 Å². The van der Waals surface area contributed by atoms with Crippen LogP contribution in [0.25, 0.3) is 0 Å². The molecule has 0 bridgehead atoms. The van der Waals surface area contributed by atoms with Crippen molar-refractivity contribution in [3.63, 3.8) is 0 Å². The van der Waals surface area contributed by atoms with Crippen LogP contribution in [-0.4, -0.2) is 24.6 Å². The normalized spacial score (nSPS) is 12.7. The van der Waals surface area contributed by atoms with E-state index in [1.54, 1.807) is 0 Å². The first kappa shape index (κ1) is 12.5. The zero-order valence-electron chi connectivity index (χ0n) is 7.84. The van der Waals surface area contributed by atoms with Gasteiger partial charge in [-0.3, -0.25) is 0 Å². The van der Waals surface area contributed by atoms with E-state index in [9.17, 15) is 4.57 Å². The van der Waals surface area contributed by atoms with E-state index in [-0.39, 0.29) is 6.61 Å². The van der Waals surface area contributed by atoms with Crippen molar-refractivity contribution in [2.45, 2.75) is 20.3 Å². The second kappa shape index (κ2) is 8.10. The molecule has 13 heavy (non-hydrogen) atoms. The molecule has 1 atom stereocenters. The molecule has 0 rings (SSSR count). The van der Waals surface area contributed by atoms with E-state index in [1.165, 1.54) is 0 Å². The van der Waals surface area contributed by atoms with Crippen LogP contribution < -0.4 is 0 Å². The molecule has 0 spiro atoms. The zero-order valence-corrected chi connectivity index (χ0v) is 8.74. The van der Waals surface area contributed by atoms with Crippen molar-refractivity contribution in [2.75, 3.05) is 13.2 Å². The van der Waals surface area contributed by atoms with E-state index in [0.29, 0.717) is 12.5 Å². The molecule has 0 heterocycles. The fourth-order valence-corrected chi connectivity index (χ4v) is 1.05. The zero-order chi connectivity index (χ0) is 10.1. The van der Waals surface area contributed by atoms with Gasteiger partial charge in [-0.2, -0.15) is 0 Å². The third-order valence-electron chi connectivity index (χ3n) is 1.23. The number of hydrogen-bond acceptors (Lipinski definition) is 5. The Balaban J connectivity index is 3.30. The summed E-state index contributed by atoms with van der Waals surface area (Å²) in [6.07, 6.45) is 1.94. The van der Waals surface area contributed by atoms with Crippen molar-refractivity contribution in [1.29, 1.82) is 0 Å². The van der Waals surface area contributed by atoms with Crippen LogP contribution in [0.2, 0.25) is 0 Å². The van der Waals surface area contributed by atoms with Crippen LogP contribution in [0, 0.1) is 5.92 Å². The highest BCUT2D eigenvalue weighted by Gasteiger charge is 2.18. The van der Waals surface area contributed by atoms with Crippen LogP contribution in [0.1, 0.15) is 20.3 Å². The molecular formula is C7H15NO4P+. The van der Waals surface area contributed by atoms with E-state index < -0.39 is 8.25 Å². The van der Waals surface area contributed by atoms with E-state index in [4.69, 9.17) is 9.73 Å². The fraction of sp³-hybridized carbons (Fsp3) is 0.857. The summed E-state index contributed by atoms with van der Waals surface area (Å²) in [5, 5.41) is 10.7. The summed E-state index contributed by atoms with van der Waals surface area (Å²) in [5.41, 5.74) is 0. The molecule has 1 N–H and O–H groups in total. The molecule has 0 radical (unpaired) electrons. The first-order chi connectivity index (χ1) is 6.16. The Morgan fingerprint density at radius 3 is 2.77 bits per heavy atom. The first-order valence-electron chi connectivity index (χ1n) is 4.05. The monoisotopic (exact) mass is 208 g/mol. The SMILES string of the molecule is CC(C)CCO[P+](=O)OCC=NO. The van der Waals surface area contributed by atoms with Gasteiger partial charge in [0.1, 0.15) is 13.2 Å². The molecular weight excluding hydrogens is 193 g/mol. The van der Waals surface area contributed by atoms with E-state index in [1.807, 2.05) is 0 Å². The molecule has 0 aromatic heterocycles. The molecule has 0 aliphatic rings. The average Bonchev–Trinajstić information content (AvgIpc) is 2.04. The minimum absolute atomic E-state index is 0.00657. The molecule has 6 heteroatoms. The number of oxime groups is 1. The number of nitrogens with zero attached hydrogens (tertiary/aromatic N) is 1.